The molecule has 0 unspecified atom stereocenters. The number of hydrogen-bond acceptors (Lipinski definition) is 3. The molecule has 2 rings (SSSR count). The zero-order valence-electron chi connectivity index (χ0n) is 11.1. The summed E-state index contributed by atoms with van der Waals surface area (Å²) in [4.78, 5) is 0. The second-order valence-corrected chi connectivity index (χ2v) is 4.60. The minimum atomic E-state index is 0. The average molecular weight is 263 g/mol. The maximum atomic E-state index is 5.54. The van der Waals surface area contributed by atoms with Crippen molar-refractivity contribution in [2.45, 2.75) is 12.8 Å². The van der Waals surface area contributed by atoms with Gasteiger partial charge in [-0.2, -0.15) is 0 Å². The van der Waals surface area contributed by atoms with Gasteiger partial charge in [0, 0.05) is 11.4 Å². The molecule has 0 radical (unpaired) electrons. The van der Waals surface area contributed by atoms with E-state index in [1.165, 1.54) is 11.1 Å². The van der Waals surface area contributed by atoms with Gasteiger partial charge in [0.2, 0.25) is 0 Å². The van der Waals surface area contributed by atoms with Gasteiger partial charge in [-0.25, -0.2) is 0 Å². The van der Waals surface area contributed by atoms with Gasteiger partial charge >= 0.3 is 18.9 Å². The normalized spacial score (nSPS) is 9.90. The van der Waals surface area contributed by atoms with Crippen LogP contribution in [-0.4, -0.2) is 32.0 Å². The van der Waals surface area contributed by atoms with Crippen LogP contribution in [0.25, 0.3) is 0 Å². The van der Waals surface area contributed by atoms with Crippen molar-refractivity contribution in [3.05, 3.63) is 59.7 Å². The number of hydrogen-bond donors (Lipinski definition) is 3. The summed E-state index contributed by atoms with van der Waals surface area (Å²) in [5.74, 6) is 0. The molecule has 0 bridgehead atoms. The second kappa shape index (κ2) is 8.83. The first-order valence-electron chi connectivity index (χ1n) is 6.67. The Hall–Kier alpha value is -1.24. The van der Waals surface area contributed by atoms with Gasteiger partial charge in [-0.1, -0.05) is 24.3 Å². The molecular weight excluding hydrogens is 241 g/mol. The molecule has 0 heterocycles. The molecule has 0 saturated carbocycles. The Bertz CT molecular complexity index is 447. The predicted octanol–water partition coefficient (Wildman–Crippen LogP) is 1.78. The van der Waals surface area contributed by atoms with Gasteiger partial charge in [-0.05, 0) is 61.3 Å². The maximum absolute atomic E-state index is 5.54. The molecule has 0 aromatic heterocycles. The molecule has 102 valence electrons. The van der Waals surface area contributed by atoms with Crippen LogP contribution in [0.2, 0.25) is 0 Å². The van der Waals surface area contributed by atoms with Crippen LogP contribution in [0.5, 0.6) is 0 Å². The van der Waals surface area contributed by atoms with E-state index >= 15 is 0 Å². The Kier molecular flexibility index (Phi) is 7.43. The Morgan fingerprint density at radius 2 is 1.00 bits per heavy atom. The predicted molar refractivity (Wildman–Crippen MR) is 88.8 cm³/mol. The van der Waals surface area contributed by atoms with Gasteiger partial charge in [0.05, 0.1) is 0 Å². The fourth-order valence-corrected chi connectivity index (χ4v) is 2.01. The van der Waals surface area contributed by atoms with Crippen LogP contribution in [0.4, 0.5) is 11.4 Å². The minimum absolute atomic E-state index is 0. The van der Waals surface area contributed by atoms with Crippen molar-refractivity contribution in [2.75, 3.05) is 18.4 Å². The van der Waals surface area contributed by atoms with E-state index in [1.54, 1.807) is 0 Å². The van der Waals surface area contributed by atoms with Crippen LogP contribution in [0.3, 0.4) is 0 Å². The first kappa shape index (κ1) is 16.8. The van der Waals surface area contributed by atoms with Crippen molar-refractivity contribution in [3.63, 3.8) is 0 Å². The van der Waals surface area contributed by atoms with Crippen molar-refractivity contribution < 1.29 is 0 Å². The van der Waals surface area contributed by atoms with Gasteiger partial charge in [-0.15, -0.1) is 0 Å². The molecule has 3 nitrogen and oxygen atoms in total. The van der Waals surface area contributed by atoms with E-state index in [9.17, 15) is 0 Å². The van der Waals surface area contributed by atoms with Crippen molar-refractivity contribution >= 4 is 30.2 Å². The third-order valence-electron chi connectivity index (χ3n) is 3.06. The molecular formula is C16H22LiN3. The molecule has 4 heteroatoms. The van der Waals surface area contributed by atoms with Crippen molar-refractivity contribution in [1.82, 2.24) is 0 Å². The summed E-state index contributed by atoms with van der Waals surface area (Å²) < 4.78 is 0. The molecule has 5 N–H and O–H groups in total. The molecule has 0 atom stereocenters. The Morgan fingerprint density at radius 1 is 0.650 bits per heavy atom. The zero-order chi connectivity index (χ0) is 13.5. The average Bonchev–Trinajstić information content (AvgIpc) is 2.44. The number of anilines is 2. The van der Waals surface area contributed by atoms with E-state index in [0.29, 0.717) is 13.1 Å². The molecule has 0 saturated heterocycles. The van der Waals surface area contributed by atoms with E-state index in [2.05, 4.69) is 53.8 Å². The molecule has 0 amide bonds. The van der Waals surface area contributed by atoms with Crippen LogP contribution in [-0.2, 0) is 12.8 Å². The second-order valence-electron chi connectivity index (χ2n) is 4.60. The van der Waals surface area contributed by atoms with E-state index in [4.69, 9.17) is 11.5 Å². The van der Waals surface area contributed by atoms with Gasteiger partial charge in [0.25, 0.3) is 0 Å². The van der Waals surface area contributed by atoms with Crippen molar-refractivity contribution in [3.8, 4) is 0 Å². The van der Waals surface area contributed by atoms with Gasteiger partial charge in [0.1, 0.15) is 0 Å². The fourth-order valence-electron chi connectivity index (χ4n) is 2.01. The number of benzene rings is 2. The summed E-state index contributed by atoms with van der Waals surface area (Å²) in [6.07, 6.45) is 1.85. The van der Waals surface area contributed by atoms with E-state index in [-0.39, 0.29) is 18.9 Å². The molecule has 0 aliphatic rings. The number of nitrogens with two attached hydrogens (primary N) is 2. The standard InChI is InChI=1S/C16H21N3.Li.H/c17-11-9-13-1-5-15(6-2-13)19-16-7-3-14(4-8-16)10-12-18;;/h1-8,19H,9-12,17-18H2;;. The van der Waals surface area contributed by atoms with Crippen molar-refractivity contribution in [2.24, 2.45) is 11.5 Å². The molecule has 2 aromatic carbocycles. The first-order chi connectivity index (χ1) is 9.31. The Morgan fingerprint density at radius 3 is 1.30 bits per heavy atom. The van der Waals surface area contributed by atoms with Gasteiger partial charge in [0.15, 0.2) is 0 Å². The zero-order valence-corrected chi connectivity index (χ0v) is 11.1. The summed E-state index contributed by atoms with van der Waals surface area (Å²) in [6.45, 7) is 1.38. The molecule has 20 heavy (non-hydrogen) atoms. The quantitative estimate of drug-likeness (QED) is 0.696. The molecule has 2 aromatic rings. The third kappa shape index (κ3) is 5.03. The van der Waals surface area contributed by atoms with Crippen LogP contribution in [0.1, 0.15) is 11.1 Å². The Balaban J connectivity index is 0.00000200. The SMILES string of the molecule is NCCc1ccc(Nc2ccc(CCN)cc2)cc1.[LiH]. The summed E-state index contributed by atoms with van der Waals surface area (Å²) in [7, 11) is 0. The summed E-state index contributed by atoms with van der Waals surface area (Å²) in [5.41, 5.74) is 15.8. The van der Waals surface area contributed by atoms with Crippen molar-refractivity contribution in [1.29, 1.82) is 0 Å². The molecule has 0 aliphatic heterocycles. The first-order valence-corrected chi connectivity index (χ1v) is 6.67. The van der Waals surface area contributed by atoms with Crippen LogP contribution >= 0.6 is 0 Å². The molecule has 0 aliphatic carbocycles. The fraction of sp³-hybridized carbons (Fsp3) is 0.250. The van der Waals surface area contributed by atoms with Gasteiger partial charge < -0.3 is 16.8 Å². The summed E-state index contributed by atoms with van der Waals surface area (Å²) >= 11 is 0. The molecule has 0 spiro atoms. The van der Waals surface area contributed by atoms with Crippen LogP contribution in [0, 0.1) is 0 Å². The third-order valence-corrected chi connectivity index (χ3v) is 3.06. The topological polar surface area (TPSA) is 64.1 Å². The summed E-state index contributed by atoms with van der Waals surface area (Å²) in [6, 6.07) is 16.8. The summed E-state index contributed by atoms with van der Waals surface area (Å²) in [5, 5.41) is 3.38. The van der Waals surface area contributed by atoms with Gasteiger partial charge in [-0.3, -0.25) is 0 Å². The van der Waals surface area contributed by atoms with E-state index in [1.807, 2.05) is 0 Å². The van der Waals surface area contributed by atoms with Crippen LogP contribution in [0.15, 0.2) is 48.5 Å². The van der Waals surface area contributed by atoms with Crippen LogP contribution < -0.4 is 16.8 Å². The van der Waals surface area contributed by atoms with E-state index in [0.717, 1.165) is 24.2 Å². The monoisotopic (exact) mass is 263 g/mol. The number of rotatable bonds is 6. The number of nitrogens with one attached hydrogen (secondary N) is 1. The molecule has 0 fully saturated rings. The van der Waals surface area contributed by atoms with E-state index < -0.39 is 0 Å². The Labute approximate surface area is 132 Å².